The van der Waals surface area contributed by atoms with Gasteiger partial charge in [-0.05, 0) is 50.5 Å². The first-order valence-electron chi connectivity index (χ1n) is 9.01. The van der Waals surface area contributed by atoms with Crippen LogP contribution in [-0.4, -0.2) is 20.7 Å². The van der Waals surface area contributed by atoms with Gasteiger partial charge < -0.3 is 4.90 Å². The Morgan fingerprint density at radius 3 is 2.85 bits per heavy atom. The Hall–Kier alpha value is -2.54. The van der Waals surface area contributed by atoms with Crippen molar-refractivity contribution < 1.29 is 9.18 Å². The minimum atomic E-state index is -0.317. The number of hydrogen-bond acceptors (Lipinski definition) is 4. The molecule has 1 aromatic carbocycles. The van der Waals surface area contributed by atoms with Crippen LogP contribution in [0, 0.1) is 12.7 Å². The number of benzene rings is 1. The lowest BCUT2D eigenvalue weighted by Crippen LogP contribution is -2.36. The van der Waals surface area contributed by atoms with E-state index in [1.165, 1.54) is 12.1 Å². The molecule has 1 atom stereocenters. The second kappa shape index (κ2) is 7.23. The molecule has 3 aromatic rings. The second-order valence-electron chi connectivity index (χ2n) is 6.91. The van der Waals surface area contributed by atoms with Crippen LogP contribution in [0.3, 0.4) is 0 Å². The van der Waals surface area contributed by atoms with E-state index in [4.69, 9.17) is 0 Å². The molecule has 0 saturated heterocycles. The molecule has 140 valence electrons. The van der Waals surface area contributed by atoms with E-state index < -0.39 is 0 Å². The molecule has 1 aliphatic carbocycles. The van der Waals surface area contributed by atoms with Gasteiger partial charge in [-0.25, -0.2) is 9.37 Å². The average Bonchev–Trinajstić information content (AvgIpc) is 3.24. The van der Waals surface area contributed by atoms with Gasteiger partial charge in [-0.1, -0.05) is 0 Å². The maximum Gasteiger partial charge on any atom is 0.235 e. The highest BCUT2D eigenvalue weighted by Crippen LogP contribution is 2.34. The Balaban J connectivity index is 1.69. The minimum absolute atomic E-state index is 0.0150. The molecule has 5 nitrogen and oxygen atoms in total. The van der Waals surface area contributed by atoms with E-state index in [1.807, 2.05) is 25.5 Å². The molecular formula is C20H21FN4OS. The molecule has 0 fully saturated rings. The predicted octanol–water partition coefficient (Wildman–Crippen LogP) is 3.98. The van der Waals surface area contributed by atoms with E-state index >= 15 is 0 Å². The molecule has 0 saturated carbocycles. The van der Waals surface area contributed by atoms with Crippen LogP contribution in [0.5, 0.6) is 0 Å². The lowest BCUT2D eigenvalue weighted by molar-refractivity contribution is -0.120. The number of carbonyl (C=O) groups excluding carboxylic acids is 1. The Kier molecular flexibility index (Phi) is 4.78. The van der Waals surface area contributed by atoms with E-state index in [9.17, 15) is 9.18 Å². The summed E-state index contributed by atoms with van der Waals surface area (Å²) in [5, 5.41) is 7.43. The lowest BCUT2D eigenvalue weighted by Gasteiger charge is -2.29. The lowest BCUT2D eigenvalue weighted by atomic mass is 9.86. The number of rotatable bonds is 4. The van der Waals surface area contributed by atoms with E-state index in [0.29, 0.717) is 12.2 Å². The monoisotopic (exact) mass is 384 g/mol. The number of aromatic nitrogens is 3. The number of carbonyl (C=O) groups is 1. The van der Waals surface area contributed by atoms with Crippen LogP contribution in [0.25, 0.3) is 0 Å². The van der Waals surface area contributed by atoms with E-state index in [2.05, 4.69) is 10.1 Å². The quantitative estimate of drug-likeness (QED) is 0.684. The normalized spacial score (nSPS) is 16.2. The zero-order valence-corrected chi connectivity index (χ0v) is 16.2. The van der Waals surface area contributed by atoms with Crippen LogP contribution >= 0.6 is 11.3 Å². The molecule has 0 aliphatic heterocycles. The molecule has 2 aromatic heterocycles. The van der Waals surface area contributed by atoms with Crippen molar-refractivity contribution in [1.29, 1.82) is 0 Å². The zero-order chi connectivity index (χ0) is 19.0. The summed E-state index contributed by atoms with van der Waals surface area (Å²) in [5.74, 6) is -0.531. The molecule has 0 bridgehead atoms. The van der Waals surface area contributed by atoms with Crippen molar-refractivity contribution in [2.24, 2.45) is 7.05 Å². The highest BCUT2D eigenvalue weighted by molar-refractivity contribution is 7.09. The Morgan fingerprint density at radius 1 is 1.37 bits per heavy atom. The van der Waals surface area contributed by atoms with Crippen molar-refractivity contribution in [3.05, 3.63) is 63.6 Å². The summed E-state index contributed by atoms with van der Waals surface area (Å²) in [6.07, 6.45) is 4.59. The highest BCUT2D eigenvalue weighted by atomic mass is 32.1. The summed E-state index contributed by atoms with van der Waals surface area (Å²) in [5.41, 5.74) is 3.54. The maximum atomic E-state index is 13.5. The number of aryl methyl sites for hydroxylation is 3. The van der Waals surface area contributed by atoms with Crippen molar-refractivity contribution in [3.63, 3.8) is 0 Å². The summed E-state index contributed by atoms with van der Waals surface area (Å²) >= 11 is 1.56. The Bertz CT molecular complexity index is 963. The number of hydrogen-bond donors (Lipinski definition) is 0. The minimum Gasteiger partial charge on any atom is -0.306 e. The van der Waals surface area contributed by atoms with Gasteiger partial charge >= 0.3 is 0 Å². The molecule has 1 amide bonds. The summed E-state index contributed by atoms with van der Waals surface area (Å²) < 4.78 is 15.2. The number of fused-ring (bicyclic) bond motifs is 1. The third kappa shape index (κ3) is 3.64. The van der Waals surface area contributed by atoms with Crippen LogP contribution in [0.15, 0.2) is 35.8 Å². The van der Waals surface area contributed by atoms with Gasteiger partial charge in [0.05, 0.1) is 28.9 Å². The van der Waals surface area contributed by atoms with Gasteiger partial charge in [0.25, 0.3) is 0 Å². The standard InChI is InChI=1S/C20H21FN4OS/c1-13-22-15(12-27-13)10-25(16-8-6-14(21)7-9-16)20(26)17-4-3-5-19-18(17)11-24(2)23-19/h6-9,11-12,17H,3-5,10H2,1-2H3. The molecule has 27 heavy (non-hydrogen) atoms. The van der Waals surface area contributed by atoms with Crippen molar-refractivity contribution in [3.8, 4) is 0 Å². The number of nitrogens with zero attached hydrogens (tertiary/aromatic N) is 4. The third-order valence-electron chi connectivity index (χ3n) is 4.91. The van der Waals surface area contributed by atoms with Crippen molar-refractivity contribution in [2.75, 3.05) is 4.90 Å². The fourth-order valence-corrected chi connectivity index (χ4v) is 4.28. The zero-order valence-electron chi connectivity index (χ0n) is 15.4. The van der Waals surface area contributed by atoms with Crippen LogP contribution < -0.4 is 4.90 Å². The fraction of sp³-hybridized carbons (Fsp3) is 0.350. The van der Waals surface area contributed by atoms with Crippen molar-refractivity contribution in [1.82, 2.24) is 14.8 Å². The highest BCUT2D eigenvalue weighted by Gasteiger charge is 2.33. The molecule has 0 radical (unpaired) electrons. The van der Waals surface area contributed by atoms with Gasteiger partial charge in [0, 0.05) is 29.9 Å². The van der Waals surface area contributed by atoms with E-state index in [1.54, 1.807) is 33.1 Å². The Labute approximate surface area is 161 Å². The first kappa shape index (κ1) is 17.9. The van der Waals surface area contributed by atoms with Crippen LogP contribution in [0.2, 0.25) is 0 Å². The predicted molar refractivity (Wildman–Crippen MR) is 103 cm³/mol. The van der Waals surface area contributed by atoms with Gasteiger partial charge in [0.2, 0.25) is 5.91 Å². The number of thiazole rings is 1. The van der Waals surface area contributed by atoms with Crippen molar-refractivity contribution >= 4 is 22.9 Å². The number of anilines is 1. The first-order chi connectivity index (χ1) is 13.0. The summed E-state index contributed by atoms with van der Waals surface area (Å²) in [6, 6.07) is 6.08. The van der Waals surface area contributed by atoms with Crippen LogP contribution in [0.1, 0.15) is 40.7 Å². The SMILES string of the molecule is Cc1nc(CN(C(=O)C2CCCc3nn(C)cc32)c2ccc(F)cc2)cs1. The molecule has 0 spiro atoms. The Morgan fingerprint density at radius 2 is 2.15 bits per heavy atom. The molecule has 2 heterocycles. The maximum absolute atomic E-state index is 13.5. The number of amides is 1. The van der Waals surface area contributed by atoms with E-state index in [0.717, 1.165) is 41.2 Å². The summed E-state index contributed by atoms with van der Waals surface area (Å²) in [7, 11) is 1.88. The molecule has 4 rings (SSSR count). The van der Waals surface area contributed by atoms with Gasteiger partial charge in [-0.3, -0.25) is 9.48 Å². The topological polar surface area (TPSA) is 51.0 Å². The second-order valence-corrected chi connectivity index (χ2v) is 7.97. The average molecular weight is 384 g/mol. The van der Waals surface area contributed by atoms with Gasteiger partial charge in [0.1, 0.15) is 5.82 Å². The number of halogens is 1. The summed E-state index contributed by atoms with van der Waals surface area (Å²) in [4.78, 5) is 19.8. The van der Waals surface area contributed by atoms with Crippen LogP contribution in [0.4, 0.5) is 10.1 Å². The third-order valence-corrected chi connectivity index (χ3v) is 5.73. The molecular weight excluding hydrogens is 363 g/mol. The van der Waals surface area contributed by atoms with Gasteiger partial charge in [-0.15, -0.1) is 11.3 Å². The smallest absolute Gasteiger partial charge is 0.235 e. The van der Waals surface area contributed by atoms with Crippen LogP contribution in [-0.2, 0) is 24.8 Å². The van der Waals surface area contributed by atoms with E-state index in [-0.39, 0.29) is 17.6 Å². The molecule has 1 unspecified atom stereocenters. The summed E-state index contributed by atoms with van der Waals surface area (Å²) in [6.45, 7) is 2.32. The largest absolute Gasteiger partial charge is 0.306 e. The first-order valence-corrected chi connectivity index (χ1v) is 9.89. The fourth-order valence-electron chi connectivity index (χ4n) is 3.67. The molecule has 0 N–H and O–H groups in total. The molecule has 1 aliphatic rings. The molecule has 7 heteroatoms. The van der Waals surface area contributed by atoms with Gasteiger partial charge in [-0.2, -0.15) is 5.10 Å². The van der Waals surface area contributed by atoms with Crippen molar-refractivity contribution in [2.45, 2.75) is 38.6 Å². The van der Waals surface area contributed by atoms with Gasteiger partial charge in [0.15, 0.2) is 0 Å².